The molecule has 2 aromatic carbocycles. The van der Waals surface area contributed by atoms with Gasteiger partial charge >= 0.3 is 0 Å². The lowest BCUT2D eigenvalue weighted by Crippen LogP contribution is -2.53. The van der Waals surface area contributed by atoms with Gasteiger partial charge in [0.1, 0.15) is 36.0 Å². The van der Waals surface area contributed by atoms with Crippen molar-refractivity contribution in [2.75, 3.05) is 45.6 Å². The van der Waals surface area contributed by atoms with Crippen molar-refractivity contribution in [3.05, 3.63) is 65.1 Å². The van der Waals surface area contributed by atoms with E-state index in [-0.39, 0.29) is 34.8 Å². The molecule has 0 radical (unpaired) electrons. The van der Waals surface area contributed by atoms with Crippen molar-refractivity contribution in [2.24, 2.45) is 11.3 Å². The molecule has 0 aliphatic carbocycles. The molecule has 1 aromatic heterocycles. The fourth-order valence-corrected chi connectivity index (χ4v) is 8.01. The number of thioether (sulfide) groups is 1. The van der Waals surface area contributed by atoms with Gasteiger partial charge in [-0.15, -0.1) is 11.8 Å². The summed E-state index contributed by atoms with van der Waals surface area (Å²) < 4.78 is 77.2. The van der Waals surface area contributed by atoms with E-state index in [1.54, 1.807) is 18.2 Å². The minimum absolute atomic E-state index is 0.0122. The molecule has 2 unspecified atom stereocenters. The maximum Gasteiger partial charge on any atom is 0.142 e. The fourth-order valence-electron chi connectivity index (χ4n) is 7.06. The Morgan fingerprint density at radius 3 is 2.43 bits per heavy atom. The van der Waals surface area contributed by atoms with Crippen LogP contribution >= 0.6 is 11.8 Å². The van der Waals surface area contributed by atoms with Gasteiger partial charge in [0.05, 0.1) is 29.7 Å². The molecule has 252 valence electrons. The summed E-state index contributed by atoms with van der Waals surface area (Å²) >= 11 is 0.977. The van der Waals surface area contributed by atoms with Gasteiger partial charge < -0.3 is 25.2 Å². The van der Waals surface area contributed by atoms with Gasteiger partial charge in [-0.2, -0.15) is 0 Å². The summed E-state index contributed by atoms with van der Waals surface area (Å²) in [5.41, 5.74) is 0.131. The number of aliphatic hydroxyl groups excluding tert-OH is 2. The minimum atomic E-state index is -1.54. The Morgan fingerprint density at radius 2 is 1.78 bits per heavy atom. The summed E-state index contributed by atoms with van der Waals surface area (Å²) in [4.78, 5) is 6.19. The lowest BCUT2D eigenvalue weighted by molar-refractivity contribution is -0.117. The van der Waals surface area contributed by atoms with Crippen molar-refractivity contribution < 1.29 is 36.9 Å². The van der Waals surface area contributed by atoms with Crippen LogP contribution in [0.1, 0.15) is 55.8 Å². The molecular weight excluding hydrogens is 625 g/mol. The number of hydrogen-bond acceptors (Lipinski definition) is 7. The Kier molecular flexibility index (Phi) is 11.8. The number of nitrogens with zero attached hydrogens (tertiary/aromatic N) is 2. The summed E-state index contributed by atoms with van der Waals surface area (Å²) in [6.07, 6.45) is 0.456. The van der Waals surface area contributed by atoms with Gasteiger partial charge in [-0.1, -0.05) is 0 Å². The highest BCUT2D eigenvalue weighted by Gasteiger charge is 2.46. The zero-order valence-corrected chi connectivity index (χ0v) is 26.8. The van der Waals surface area contributed by atoms with Gasteiger partial charge in [0.25, 0.3) is 0 Å². The van der Waals surface area contributed by atoms with E-state index in [9.17, 15) is 27.8 Å². The van der Waals surface area contributed by atoms with Gasteiger partial charge in [-0.3, -0.25) is 4.98 Å². The van der Waals surface area contributed by atoms with E-state index >= 15 is 4.39 Å². The molecule has 2 saturated heterocycles. The van der Waals surface area contributed by atoms with Crippen LogP contribution in [0.15, 0.2) is 41.4 Å². The molecule has 0 spiro atoms. The third kappa shape index (κ3) is 7.78. The molecule has 2 aliphatic heterocycles. The SMILES string of the molecule is COc1ccc2ncc(CF)c([C@@H](F)CCC3(C(O)C(O)C4CCNCC4)CCN(CCSc4c(F)cc(F)cc4F)CC3)c2c1. The Bertz CT molecular complexity index is 1440. The second-order valence-electron chi connectivity index (χ2n) is 12.5. The molecule has 0 amide bonds. The highest BCUT2D eigenvalue weighted by Crippen LogP contribution is 2.46. The van der Waals surface area contributed by atoms with Crippen LogP contribution in [0, 0.1) is 28.8 Å². The third-order valence-corrected chi connectivity index (χ3v) is 10.9. The van der Waals surface area contributed by atoms with Gasteiger partial charge in [0.2, 0.25) is 0 Å². The number of nitrogens with one attached hydrogen (secondary N) is 1. The monoisotopic (exact) mass is 667 g/mol. The van der Waals surface area contributed by atoms with Crippen molar-refractivity contribution in [2.45, 2.75) is 68.5 Å². The molecule has 3 heterocycles. The number of alkyl halides is 2. The van der Waals surface area contributed by atoms with E-state index in [2.05, 4.69) is 15.2 Å². The number of hydrogen-bond donors (Lipinski definition) is 3. The number of piperidine rings is 2. The zero-order chi connectivity index (χ0) is 32.8. The topological polar surface area (TPSA) is 77.8 Å². The Morgan fingerprint density at radius 1 is 1.09 bits per heavy atom. The van der Waals surface area contributed by atoms with E-state index in [1.165, 1.54) is 13.3 Å². The Hall–Kier alpha value is -2.51. The number of pyridine rings is 1. The number of ether oxygens (including phenoxy) is 1. The molecule has 2 aliphatic rings. The number of aliphatic hydroxyl groups is 2. The standard InChI is InChI=1S/C34H42F5N3O3S/c1-45-24-2-3-29-25(18-24)30(22(19-35)20-41-29)26(37)4-7-34(33(44)31(43)21-5-10-40-11-6-21)8-12-42(13-9-34)14-15-46-32-27(38)16-23(36)17-28(32)39/h2-3,16-18,20-21,26,31,33,40,43-44H,4-15,19H2,1H3/t26-,31?,33?/m0/s1. The maximum absolute atomic E-state index is 16.3. The van der Waals surface area contributed by atoms with Crippen LogP contribution in [0.3, 0.4) is 0 Å². The summed E-state index contributed by atoms with van der Waals surface area (Å²) in [6.45, 7) is 2.19. The predicted molar refractivity (Wildman–Crippen MR) is 169 cm³/mol. The van der Waals surface area contributed by atoms with E-state index in [0.717, 1.165) is 37.7 Å². The van der Waals surface area contributed by atoms with Crippen LogP contribution in [0.2, 0.25) is 0 Å². The molecule has 2 fully saturated rings. The van der Waals surface area contributed by atoms with E-state index in [0.29, 0.717) is 67.0 Å². The largest absolute Gasteiger partial charge is 0.497 e. The van der Waals surface area contributed by atoms with Crippen LogP contribution in [0.4, 0.5) is 22.0 Å². The molecular formula is C34H42F5N3O3S. The van der Waals surface area contributed by atoms with Crippen LogP contribution in [-0.2, 0) is 6.67 Å². The zero-order valence-electron chi connectivity index (χ0n) is 26.0. The predicted octanol–water partition coefficient (Wildman–Crippen LogP) is 6.52. The average Bonchev–Trinajstić information content (AvgIpc) is 3.07. The lowest BCUT2D eigenvalue weighted by atomic mass is 9.66. The fraction of sp³-hybridized carbons (Fsp3) is 0.559. The highest BCUT2D eigenvalue weighted by atomic mass is 32.2. The molecule has 3 aromatic rings. The van der Waals surface area contributed by atoms with Crippen LogP contribution < -0.4 is 10.1 Å². The maximum atomic E-state index is 16.3. The number of halogens is 5. The summed E-state index contributed by atoms with van der Waals surface area (Å²) in [7, 11) is 1.50. The van der Waals surface area contributed by atoms with Crippen LogP contribution in [-0.4, -0.2) is 77.9 Å². The Balaban J connectivity index is 1.31. The first-order valence-electron chi connectivity index (χ1n) is 15.9. The summed E-state index contributed by atoms with van der Waals surface area (Å²) in [5.74, 6) is -2.06. The molecule has 46 heavy (non-hydrogen) atoms. The lowest BCUT2D eigenvalue weighted by Gasteiger charge is -2.48. The molecule has 0 bridgehead atoms. The summed E-state index contributed by atoms with van der Waals surface area (Å²) in [5, 5.41) is 26.9. The number of methoxy groups -OCH3 is 1. The van der Waals surface area contributed by atoms with Gasteiger partial charge in [0, 0.05) is 52.6 Å². The molecule has 6 nitrogen and oxygen atoms in total. The second kappa shape index (κ2) is 15.6. The molecule has 3 N–H and O–H groups in total. The smallest absolute Gasteiger partial charge is 0.142 e. The van der Waals surface area contributed by atoms with E-state index in [4.69, 9.17) is 4.74 Å². The molecule has 5 rings (SSSR count). The van der Waals surface area contributed by atoms with Gasteiger partial charge in [0.15, 0.2) is 0 Å². The number of rotatable bonds is 13. The minimum Gasteiger partial charge on any atom is -0.497 e. The Labute approximate surface area is 270 Å². The normalized spacial score (nSPS) is 19.7. The van der Waals surface area contributed by atoms with Crippen molar-refractivity contribution in [3.63, 3.8) is 0 Å². The third-order valence-electron chi connectivity index (χ3n) is 9.84. The highest BCUT2D eigenvalue weighted by molar-refractivity contribution is 7.99. The quantitative estimate of drug-likeness (QED) is 0.142. The van der Waals surface area contributed by atoms with Crippen molar-refractivity contribution in [1.82, 2.24) is 15.2 Å². The van der Waals surface area contributed by atoms with Gasteiger partial charge in [-0.25, -0.2) is 22.0 Å². The van der Waals surface area contributed by atoms with E-state index in [1.807, 2.05) is 0 Å². The second-order valence-corrected chi connectivity index (χ2v) is 13.6. The number of likely N-dealkylation sites (tertiary alicyclic amines) is 1. The van der Waals surface area contributed by atoms with Gasteiger partial charge in [-0.05, 0) is 88.8 Å². The number of fused-ring (bicyclic) bond motifs is 1. The number of benzene rings is 2. The first kappa shape index (κ1) is 34.8. The van der Waals surface area contributed by atoms with Crippen molar-refractivity contribution in [3.8, 4) is 5.75 Å². The van der Waals surface area contributed by atoms with E-state index < -0.39 is 47.9 Å². The average molecular weight is 668 g/mol. The van der Waals surface area contributed by atoms with Crippen molar-refractivity contribution in [1.29, 1.82) is 0 Å². The molecule has 3 atom stereocenters. The first-order chi connectivity index (χ1) is 22.2. The van der Waals surface area contributed by atoms with Crippen LogP contribution in [0.25, 0.3) is 10.9 Å². The molecule has 0 saturated carbocycles. The molecule has 12 heteroatoms. The summed E-state index contributed by atoms with van der Waals surface area (Å²) in [6, 6.07) is 6.41. The van der Waals surface area contributed by atoms with Crippen LogP contribution in [0.5, 0.6) is 5.75 Å². The van der Waals surface area contributed by atoms with Crippen molar-refractivity contribution >= 4 is 22.7 Å². The first-order valence-corrected chi connectivity index (χ1v) is 16.9. The number of aromatic nitrogens is 1.